The van der Waals surface area contributed by atoms with E-state index < -0.39 is 0 Å². The first-order valence-electron chi connectivity index (χ1n) is 10.3. The fourth-order valence-electron chi connectivity index (χ4n) is 3.98. The fourth-order valence-corrected chi connectivity index (χ4v) is 3.98. The highest BCUT2D eigenvalue weighted by Gasteiger charge is 2.28. The molecule has 7 nitrogen and oxygen atoms in total. The third kappa shape index (κ3) is 4.06. The minimum absolute atomic E-state index is 0.00319. The first-order chi connectivity index (χ1) is 14.6. The number of carbonyl (C=O) groups is 2. The van der Waals surface area contributed by atoms with Crippen molar-refractivity contribution in [1.82, 2.24) is 4.90 Å². The molecule has 0 saturated carbocycles. The Hall–Kier alpha value is -3.22. The third-order valence-electron chi connectivity index (χ3n) is 5.57. The molecule has 0 fully saturated rings. The van der Waals surface area contributed by atoms with Gasteiger partial charge in [0.15, 0.2) is 6.61 Å². The number of carbonyl (C=O) groups excluding carboxylic acids is 2. The molecule has 7 heteroatoms. The number of hydrogen-bond acceptors (Lipinski definition) is 5. The highest BCUT2D eigenvalue weighted by atomic mass is 16.5. The Morgan fingerprint density at radius 3 is 2.57 bits per heavy atom. The summed E-state index contributed by atoms with van der Waals surface area (Å²) in [7, 11) is 1.79. The molecule has 2 amide bonds. The van der Waals surface area contributed by atoms with Crippen LogP contribution in [0.2, 0.25) is 0 Å². The summed E-state index contributed by atoms with van der Waals surface area (Å²) in [6.07, 6.45) is 0.150. The average molecular weight is 409 g/mol. The third-order valence-corrected chi connectivity index (χ3v) is 5.57. The van der Waals surface area contributed by atoms with E-state index in [2.05, 4.69) is 17.9 Å². The molecule has 0 radical (unpaired) electrons. The molecule has 2 heterocycles. The maximum atomic E-state index is 12.8. The van der Waals surface area contributed by atoms with Gasteiger partial charge >= 0.3 is 0 Å². The average Bonchev–Trinajstić information content (AvgIpc) is 2.77. The predicted molar refractivity (Wildman–Crippen MR) is 115 cm³/mol. The molecule has 2 aliphatic heterocycles. The van der Waals surface area contributed by atoms with Gasteiger partial charge < -0.3 is 24.2 Å². The summed E-state index contributed by atoms with van der Waals surface area (Å²) in [6.45, 7) is 4.57. The molecule has 0 unspecified atom stereocenters. The molecule has 1 atom stereocenters. The van der Waals surface area contributed by atoms with Gasteiger partial charge in [-0.05, 0) is 31.2 Å². The first-order valence-corrected chi connectivity index (χ1v) is 10.3. The lowest BCUT2D eigenvalue weighted by Gasteiger charge is -2.37. The number of likely N-dealkylation sites (N-methyl/N-ethyl adjacent to an activating group) is 2. The Kier molecular flexibility index (Phi) is 5.79. The molecule has 158 valence electrons. The number of amides is 2. The number of fused-ring (bicyclic) bond motifs is 2. The SMILES string of the molecule is CCN1C[C@@H](CN(C)C(=O)CCN2C(=O)COc3ccccc32)Oc2ccccc21. The number of nitrogens with zero attached hydrogens (tertiary/aromatic N) is 3. The summed E-state index contributed by atoms with van der Waals surface area (Å²) in [5.74, 6) is 1.38. The van der Waals surface area contributed by atoms with Gasteiger partial charge in [-0.1, -0.05) is 24.3 Å². The fraction of sp³-hybridized carbons (Fsp3) is 0.391. The van der Waals surface area contributed by atoms with Crippen LogP contribution in [0.3, 0.4) is 0 Å². The predicted octanol–water partition coefficient (Wildman–Crippen LogP) is 2.55. The molecule has 2 aromatic rings. The van der Waals surface area contributed by atoms with E-state index in [1.807, 2.05) is 42.5 Å². The van der Waals surface area contributed by atoms with E-state index >= 15 is 0 Å². The second-order valence-electron chi connectivity index (χ2n) is 7.57. The van der Waals surface area contributed by atoms with Crippen LogP contribution in [0.25, 0.3) is 0 Å². The molecule has 2 aliphatic rings. The molecule has 0 saturated heterocycles. The van der Waals surface area contributed by atoms with Gasteiger partial charge in [-0.25, -0.2) is 0 Å². The Morgan fingerprint density at radius 2 is 1.80 bits per heavy atom. The normalized spacial score (nSPS) is 17.5. The number of hydrogen-bond donors (Lipinski definition) is 0. The van der Waals surface area contributed by atoms with Gasteiger partial charge in [0.1, 0.15) is 17.6 Å². The molecular formula is C23H27N3O4. The maximum Gasteiger partial charge on any atom is 0.265 e. The van der Waals surface area contributed by atoms with Gasteiger partial charge in [0.2, 0.25) is 5.91 Å². The number of benzene rings is 2. The van der Waals surface area contributed by atoms with Gasteiger partial charge in [0.05, 0.1) is 24.5 Å². The topological polar surface area (TPSA) is 62.3 Å². The van der Waals surface area contributed by atoms with Crippen molar-refractivity contribution in [3.05, 3.63) is 48.5 Å². The molecule has 0 aliphatic carbocycles. The molecule has 30 heavy (non-hydrogen) atoms. The van der Waals surface area contributed by atoms with E-state index in [-0.39, 0.29) is 30.9 Å². The van der Waals surface area contributed by atoms with Crippen molar-refractivity contribution < 1.29 is 19.1 Å². The number of anilines is 2. The zero-order valence-corrected chi connectivity index (χ0v) is 17.4. The van der Waals surface area contributed by atoms with Crippen LogP contribution in [-0.4, -0.2) is 62.7 Å². The van der Waals surface area contributed by atoms with Crippen LogP contribution in [0.15, 0.2) is 48.5 Å². The van der Waals surface area contributed by atoms with Crippen molar-refractivity contribution >= 4 is 23.2 Å². The highest BCUT2D eigenvalue weighted by molar-refractivity contribution is 5.98. The lowest BCUT2D eigenvalue weighted by Crippen LogP contribution is -2.47. The number of para-hydroxylation sites is 4. The van der Waals surface area contributed by atoms with Crippen LogP contribution in [0.5, 0.6) is 11.5 Å². The van der Waals surface area contributed by atoms with Crippen LogP contribution < -0.4 is 19.3 Å². The second kappa shape index (κ2) is 8.65. The van der Waals surface area contributed by atoms with Crippen molar-refractivity contribution in [3.63, 3.8) is 0 Å². The minimum Gasteiger partial charge on any atom is -0.485 e. The van der Waals surface area contributed by atoms with Crippen LogP contribution >= 0.6 is 0 Å². The Labute approximate surface area is 176 Å². The minimum atomic E-state index is -0.130. The molecule has 4 rings (SSSR count). The molecule has 0 N–H and O–H groups in total. The zero-order chi connectivity index (χ0) is 21.1. The van der Waals surface area contributed by atoms with Crippen LogP contribution in [-0.2, 0) is 9.59 Å². The van der Waals surface area contributed by atoms with Crippen molar-refractivity contribution in [2.24, 2.45) is 0 Å². The smallest absolute Gasteiger partial charge is 0.265 e. The van der Waals surface area contributed by atoms with Gasteiger partial charge in [0, 0.05) is 26.6 Å². The Balaban J connectivity index is 1.35. The first kappa shape index (κ1) is 20.1. The van der Waals surface area contributed by atoms with Crippen LogP contribution in [0.4, 0.5) is 11.4 Å². The van der Waals surface area contributed by atoms with Gasteiger partial charge in [-0.15, -0.1) is 0 Å². The highest BCUT2D eigenvalue weighted by Crippen LogP contribution is 2.33. The molecular weight excluding hydrogens is 382 g/mol. The Bertz CT molecular complexity index is 932. The molecule has 0 aromatic heterocycles. The van der Waals surface area contributed by atoms with Crippen molar-refractivity contribution in [2.75, 3.05) is 49.6 Å². The summed E-state index contributed by atoms with van der Waals surface area (Å²) < 4.78 is 11.6. The van der Waals surface area contributed by atoms with E-state index in [0.717, 1.165) is 30.2 Å². The van der Waals surface area contributed by atoms with E-state index in [0.29, 0.717) is 18.8 Å². The van der Waals surface area contributed by atoms with Gasteiger partial charge in [0.25, 0.3) is 5.91 Å². The lowest BCUT2D eigenvalue weighted by atomic mass is 10.1. The van der Waals surface area contributed by atoms with Crippen LogP contribution in [0, 0.1) is 0 Å². The van der Waals surface area contributed by atoms with E-state index in [4.69, 9.17) is 9.47 Å². The van der Waals surface area contributed by atoms with Gasteiger partial charge in [-0.2, -0.15) is 0 Å². The summed E-state index contributed by atoms with van der Waals surface area (Å²) in [6, 6.07) is 15.4. The number of ether oxygens (including phenoxy) is 2. The molecule has 0 spiro atoms. The van der Waals surface area contributed by atoms with Crippen LogP contribution in [0.1, 0.15) is 13.3 Å². The number of rotatable bonds is 6. The zero-order valence-electron chi connectivity index (χ0n) is 17.4. The lowest BCUT2D eigenvalue weighted by molar-refractivity contribution is -0.130. The van der Waals surface area contributed by atoms with Crippen molar-refractivity contribution in [1.29, 1.82) is 0 Å². The molecule has 2 aromatic carbocycles. The van der Waals surface area contributed by atoms with Crippen molar-refractivity contribution in [3.8, 4) is 11.5 Å². The van der Waals surface area contributed by atoms with Gasteiger partial charge in [-0.3, -0.25) is 9.59 Å². The second-order valence-corrected chi connectivity index (χ2v) is 7.57. The monoisotopic (exact) mass is 409 g/mol. The summed E-state index contributed by atoms with van der Waals surface area (Å²) in [5.41, 5.74) is 1.81. The summed E-state index contributed by atoms with van der Waals surface area (Å²) in [4.78, 5) is 30.7. The quantitative estimate of drug-likeness (QED) is 0.734. The van der Waals surface area contributed by atoms with E-state index in [1.54, 1.807) is 16.8 Å². The standard InChI is InChI=1S/C23H27N3O4/c1-3-25-15-17(30-21-11-7-4-8-18(21)25)14-24(2)22(27)12-13-26-19-9-5-6-10-20(19)29-16-23(26)28/h4-11,17H,3,12-16H2,1-2H3/t17-/m1/s1. The molecule has 0 bridgehead atoms. The van der Waals surface area contributed by atoms with Crippen molar-refractivity contribution in [2.45, 2.75) is 19.4 Å². The van der Waals surface area contributed by atoms with E-state index in [1.165, 1.54) is 0 Å². The van der Waals surface area contributed by atoms with E-state index in [9.17, 15) is 9.59 Å². The maximum absolute atomic E-state index is 12.8. The largest absolute Gasteiger partial charge is 0.485 e. The summed E-state index contributed by atoms with van der Waals surface area (Å²) in [5, 5.41) is 0. The Morgan fingerprint density at radius 1 is 1.10 bits per heavy atom. The summed E-state index contributed by atoms with van der Waals surface area (Å²) >= 11 is 0.